The maximum atomic E-state index is 12.9. The number of fused-ring (bicyclic) bond motifs is 2. The van der Waals surface area contributed by atoms with Crippen molar-refractivity contribution in [2.24, 2.45) is 5.92 Å². The van der Waals surface area contributed by atoms with Crippen LogP contribution in [0.5, 0.6) is 0 Å². The van der Waals surface area contributed by atoms with Crippen LogP contribution in [-0.2, 0) is 17.8 Å². The average molecular weight is 443 g/mol. The number of urea groups is 1. The lowest BCUT2D eigenvalue weighted by molar-refractivity contribution is -0.118. The highest BCUT2D eigenvalue weighted by Gasteiger charge is 2.38. The summed E-state index contributed by atoms with van der Waals surface area (Å²) in [5.74, 6) is 2.09. The first-order valence-corrected chi connectivity index (χ1v) is 11.7. The highest BCUT2D eigenvalue weighted by molar-refractivity contribution is 6.03. The summed E-state index contributed by atoms with van der Waals surface area (Å²) >= 11 is 0. The predicted octanol–water partition coefficient (Wildman–Crippen LogP) is 3.87. The van der Waals surface area contributed by atoms with Gasteiger partial charge in [-0.05, 0) is 48.9 Å². The molecule has 1 aromatic heterocycles. The van der Waals surface area contributed by atoms with E-state index in [1.807, 2.05) is 53.4 Å². The number of hydrogen-bond acceptors (Lipinski definition) is 4. The molecule has 0 radical (unpaired) electrons. The highest BCUT2D eigenvalue weighted by atomic mass is 16.2. The Hall–Kier alpha value is -3.68. The molecule has 3 amide bonds. The van der Waals surface area contributed by atoms with Gasteiger partial charge >= 0.3 is 6.03 Å². The third-order valence-corrected chi connectivity index (χ3v) is 7.12. The summed E-state index contributed by atoms with van der Waals surface area (Å²) in [6, 6.07) is 15.6. The number of piperidine rings is 1. The lowest BCUT2D eigenvalue weighted by Gasteiger charge is -2.34. The zero-order valence-corrected chi connectivity index (χ0v) is 18.3. The van der Waals surface area contributed by atoms with E-state index >= 15 is 0 Å². The molecule has 1 fully saturated rings. The molecule has 8 nitrogen and oxygen atoms in total. The Kier molecular flexibility index (Phi) is 4.86. The molecule has 4 heterocycles. The minimum Gasteiger partial charge on any atom is -0.325 e. The lowest BCUT2D eigenvalue weighted by Crippen LogP contribution is -2.42. The quantitative estimate of drug-likeness (QED) is 0.644. The number of para-hydroxylation sites is 1. The topological polar surface area (TPSA) is 92.2 Å². The zero-order valence-electron chi connectivity index (χ0n) is 18.3. The molecule has 3 aliphatic rings. The van der Waals surface area contributed by atoms with Gasteiger partial charge in [-0.1, -0.05) is 30.3 Å². The van der Waals surface area contributed by atoms with Gasteiger partial charge in [-0.25, -0.2) is 4.79 Å². The van der Waals surface area contributed by atoms with Crippen molar-refractivity contribution in [3.05, 3.63) is 59.9 Å². The summed E-state index contributed by atoms with van der Waals surface area (Å²) in [5, 5.41) is 14.7. The van der Waals surface area contributed by atoms with Crippen LogP contribution in [0.15, 0.2) is 48.5 Å². The first-order chi connectivity index (χ1) is 16.2. The first-order valence-electron chi connectivity index (χ1n) is 11.7. The van der Waals surface area contributed by atoms with Gasteiger partial charge in [0.05, 0.1) is 5.92 Å². The van der Waals surface area contributed by atoms with Crippen LogP contribution in [0.2, 0.25) is 0 Å². The number of nitrogens with one attached hydrogen (secondary N) is 2. The van der Waals surface area contributed by atoms with Gasteiger partial charge in [0, 0.05) is 43.0 Å². The third-order valence-electron chi connectivity index (χ3n) is 7.12. The van der Waals surface area contributed by atoms with Crippen molar-refractivity contribution in [3.63, 3.8) is 0 Å². The normalized spacial score (nSPS) is 19.8. The number of benzene rings is 2. The van der Waals surface area contributed by atoms with Gasteiger partial charge in [-0.2, -0.15) is 0 Å². The van der Waals surface area contributed by atoms with Gasteiger partial charge in [0.2, 0.25) is 5.91 Å². The second-order valence-electron chi connectivity index (χ2n) is 9.08. The minimum atomic E-state index is -0.118. The molecule has 2 aromatic carbocycles. The molecule has 0 saturated carbocycles. The largest absolute Gasteiger partial charge is 0.325 e. The monoisotopic (exact) mass is 442 g/mol. The van der Waals surface area contributed by atoms with Crippen molar-refractivity contribution < 1.29 is 9.59 Å². The third kappa shape index (κ3) is 3.55. The second kappa shape index (κ2) is 8.03. The molecule has 3 aromatic rings. The zero-order chi connectivity index (χ0) is 22.4. The molecule has 8 heteroatoms. The smallest absolute Gasteiger partial charge is 0.321 e. The maximum absolute atomic E-state index is 12.9. The summed E-state index contributed by atoms with van der Waals surface area (Å²) in [6.07, 6.45) is 3.68. The summed E-state index contributed by atoms with van der Waals surface area (Å²) in [7, 11) is 0. The maximum Gasteiger partial charge on any atom is 0.321 e. The van der Waals surface area contributed by atoms with Crippen LogP contribution in [0, 0.1) is 5.92 Å². The van der Waals surface area contributed by atoms with Gasteiger partial charge in [0.15, 0.2) is 5.82 Å². The fourth-order valence-corrected chi connectivity index (χ4v) is 5.44. The molecule has 1 unspecified atom stereocenters. The van der Waals surface area contributed by atoms with E-state index in [0.29, 0.717) is 13.1 Å². The van der Waals surface area contributed by atoms with Gasteiger partial charge in [-0.3, -0.25) is 4.79 Å². The summed E-state index contributed by atoms with van der Waals surface area (Å²) < 4.78 is 2.16. The summed E-state index contributed by atoms with van der Waals surface area (Å²) in [6.45, 7) is 2.21. The van der Waals surface area contributed by atoms with Crippen molar-refractivity contribution in [1.82, 2.24) is 19.7 Å². The fourth-order valence-electron chi connectivity index (χ4n) is 5.44. The van der Waals surface area contributed by atoms with E-state index in [-0.39, 0.29) is 23.8 Å². The Morgan fingerprint density at radius 3 is 2.76 bits per heavy atom. The van der Waals surface area contributed by atoms with Crippen molar-refractivity contribution in [3.8, 4) is 11.4 Å². The molecule has 6 rings (SSSR count). The van der Waals surface area contributed by atoms with E-state index in [9.17, 15) is 9.59 Å². The number of carbonyl (C=O) groups excluding carboxylic acids is 2. The molecule has 2 N–H and O–H groups in total. The first kappa shape index (κ1) is 20.0. The second-order valence-corrected chi connectivity index (χ2v) is 9.08. The van der Waals surface area contributed by atoms with Crippen molar-refractivity contribution in [2.45, 2.75) is 38.1 Å². The Bertz CT molecular complexity index is 1230. The molecule has 3 aliphatic heterocycles. The molecule has 0 aliphatic carbocycles. The van der Waals surface area contributed by atoms with Gasteiger partial charge in [0.25, 0.3) is 0 Å². The van der Waals surface area contributed by atoms with Crippen LogP contribution >= 0.6 is 0 Å². The minimum absolute atomic E-state index is 0.0795. The van der Waals surface area contributed by atoms with Crippen LogP contribution in [0.1, 0.15) is 36.6 Å². The van der Waals surface area contributed by atoms with E-state index < -0.39 is 0 Å². The molecule has 1 saturated heterocycles. The number of anilines is 2. The summed E-state index contributed by atoms with van der Waals surface area (Å²) in [5.41, 5.74) is 3.71. The fraction of sp³-hybridized carbons (Fsp3) is 0.360. The van der Waals surface area contributed by atoms with Gasteiger partial charge in [0.1, 0.15) is 5.82 Å². The summed E-state index contributed by atoms with van der Waals surface area (Å²) in [4.78, 5) is 27.4. The molecule has 0 bridgehead atoms. The molecular weight excluding hydrogens is 416 g/mol. The number of likely N-dealkylation sites (tertiary alicyclic amines) is 1. The van der Waals surface area contributed by atoms with E-state index in [1.165, 1.54) is 0 Å². The Labute approximate surface area is 192 Å². The Balaban J connectivity index is 1.11. The van der Waals surface area contributed by atoms with Crippen LogP contribution in [0.4, 0.5) is 16.2 Å². The SMILES string of the molecule is O=C1Nc2ccccc2C1C1CCN(C(=O)Nc2cccc(-c3nnc4n3CCC4)c2)CC1. The van der Waals surface area contributed by atoms with Crippen LogP contribution in [0.3, 0.4) is 0 Å². The molecule has 0 spiro atoms. The van der Waals surface area contributed by atoms with Crippen molar-refractivity contribution in [2.75, 3.05) is 23.7 Å². The van der Waals surface area contributed by atoms with Crippen LogP contribution < -0.4 is 10.6 Å². The number of aromatic nitrogens is 3. The average Bonchev–Trinajstić information content (AvgIpc) is 3.53. The molecule has 168 valence electrons. The number of hydrogen-bond donors (Lipinski definition) is 2. The lowest BCUT2D eigenvalue weighted by atomic mass is 9.81. The number of amides is 3. The highest BCUT2D eigenvalue weighted by Crippen LogP contribution is 2.41. The van der Waals surface area contributed by atoms with Crippen molar-refractivity contribution >= 4 is 23.3 Å². The van der Waals surface area contributed by atoms with E-state index in [0.717, 1.165) is 66.4 Å². The number of rotatable bonds is 3. The predicted molar refractivity (Wildman–Crippen MR) is 125 cm³/mol. The van der Waals surface area contributed by atoms with Crippen molar-refractivity contribution in [1.29, 1.82) is 0 Å². The van der Waals surface area contributed by atoms with Crippen LogP contribution in [-0.4, -0.2) is 44.7 Å². The molecular formula is C25H26N6O2. The van der Waals surface area contributed by atoms with E-state index in [1.54, 1.807) is 0 Å². The Morgan fingerprint density at radius 1 is 1.03 bits per heavy atom. The van der Waals surface area contributed by atoms with E-state index in [2.05, 4.69) is 25.4 Å². The van der Waals surface area contributed by atoms with Crippen LogP contribution in [0.25, 0.3) is 11.4 Å². The Morgan fingerprint density at radius 2 is 1.88 bits per heavy atom. The molecule has 33 heavy (non-hydrogen) atoms. The standard InChI is InChI=1S/C25H26N6O2/c32-24-22(19-7-1-2-8-20(19)27-24)16-10-13-30(14-11-16)25(33)26-18-6-3-5-17(15-18)23-29-28-21-9-4-12-31(21)23/h1-3,5-8,15-16,22H,4,9-14H2,(H,26,33)(H,27,32). The number of carbonyl (C=O) groups is 2. The number of aryl methyl sites for hydroxylation is 1. The van der Waals surface area contributed by atoms with E-state index in [4.69, 9.17) is 0 Å². The van der Waals surface area contributed by atoms with Gasteiger partial charge in [-0.15, -0.1) is 10.2 Å². The number of nitrogens with zero attached hydrogens (tertiary/aromatic N) is 4. The van der Waals surface area contributed by atoms with Gasteiger partial charge < -0.3 is 20.1 Å². The molecule has 1 atom stereocenters.